The third-order valence-electron chi connectivity index (χ3n) is 8.54. The predicted molar refractivity (Wildman–Crippen MR) is 170 cm³/mol. The van der Waals surface area contributed by atoms with E-state index in [0.717, 1.165) is 0 Å². The van der Waals surface area contributed by atoms with Crippen molar-refractivity contribution >= 4 is 72.5 Å². The summed E-state index contributed by atoms with van der Waals surface area (Å²) in [5.74, 6) is 0. The number of para-hydroxylation sites is 6. The number of benzene rings is 6. The topological polar surface area (TPSA) is 14.8 Å². The maximum Gasteiger partial charge on any atom is 0.519 e. The number of hydrogen-bond donors (Lipinski definition) is 0. The van der Waals surface area contributed by atoms with Gasteiger partial charge in [0.1, 0.15) is 0 Å². The largest absolute Gasteiger partial charge is 0.519 e. The normalized spacial score (nSPS) is 12.0. The zero-order valence-electron chi connectivity index (χ0n) is 21.8. The highest BCUT2D eigenvalue weighted by Crippen LogP contribution is 2.37. The first kappa shape index (κ1) is 21.7. The molecule has 3 aromatic heterocycles. The van der Waals surface area contributed by atoms with Crippen LogP contribution in [0.1, 0.15) is 0 Å². The zero-order valence-corrected chi connectivity index (χ0v) is 21.8. The van der Waals surface area contributed by atoms with Crippen LogP contribution in [-0.4, -0.2) is 20.6 Å². The molecule has 0 radical (unpaired) electrons. The van der Waals surface area contributed by atoms with Gasteiger partial charge in [0.25, 0.3) is 0 Å². The van der Waals surface area contributed by atoms with E-state index in [1.807, 2.05) is 0 Å². The lowest BCUT2D eigenvalue weighted by Gasteiger charge is -2.24. The Morgan fingerprint density at radius 3 is 0.625 bits per heavy atom. The standard InChI is InChI=1S/C36H24BN3/c1-7-19-31-25(13-1)26-14-2-8-20-32(26)38(31)37(39-33-21-9-3-15-27(33)28-16-4-10-22-34(28)39)40-35-23-11-5-17-29(35)30-18-6-12-24-36(30)40/h1-24H. The maximum absolute atomic E-state index is 2.54. The highest BCUT2D eigenvalue weighted by Gasteiger charge is 2.33. The van der Waals surface area contributed by atoms with Gasteiger partial charge in [-0.25, -0.2) is 0 Å². The summed E-state index contributed by atoms with van der Waals surface area (Å²) in [5.41, 5.74) is 7.32. The first-order valence-corrected chi connectivity index (χ1v) is 13.8. The van der Waals surface area contributed by atoms with Crippen molar-refractivity contribution in [2.24, 2.45) is 0 Å². The summed E-state index contributed by atoms with van der Waals surface area (Å²) in [6.07, 6.45) is 0. The van der Waals surface area contributed by atoms with E-state index in [9.17, 15) is 0 Å². The van der Waals surface area contributed by atoms with Gasteiger partial charge in [-0.1, -0.05) is 109 Å². The van der Waals surface area contributed by atoms with Gasteiger partial charge >= 0.3 is 7.12 Å². The van der Waals surface area contributed by atoms with E-state index in [4.69, 9.17) is 0 Å². The lowest BCUT2D eigenvalue weighted by Crippen LogP contribution is -2.41. The number of aromatic nitrogens is 3. The molecule has 186 valence electrons. The Hall–Kier alpha value is -5.22. The molecule has 0 saturated carbocycles. The van der Waals surface area contributed by atoms with Gasteiger partial charge in [-0.2, -0.15) is 0 Å². The second kappa shape index (κ2) is 8.14. The van der Waals surface area contributed by atoms with Gasteiger partial charge in [0.05, 0.1) is 0 Å². The first-order valence-electron chi connectivity index (χ1n) is 13.8. The van der Waals surface area contributed by atoms with Crippen molar-refractivity contribution in [2.75, 3.05) is 0 Å². The minimum Gasteiger partial charge on any atom is -0.344 e. The Bertz CT molecular complexity index is 1970. The molecule has 0 aliphatic rings. The van der Waals surface area contributed by atoms with Gasteiger partial charge in [0, 0.05) is 65.4 Å². The molecular formula is C36H24BN3. The molecule has 9 rings (SSSR count). The molecule has 4 heteroatoms. The van der Waals surface area contributed by atoms with Crippen molar-refractivity contribution in [2.45, 2.75) is 0 Å². The summed E-state index contributed by atoms with van der Waals surface area (Å²) >= 11 is 0. The molecule has 0 spiro atoms. The number of hydrogen-bond acceptors (Lipinski definition) is 0. The summed E-state index contributed by atoms with van der Waals surface area (Å²) in [6.45, 7) is 0. The fourth-order valence-electron chi connectivity index (χ4n) is 6.95. The van der Waals surface area contributed by atoms with Crippen LogP contribution in [0.3, 0.4) is 0 Å². The van der Waals surface area contributed by atoms with E-state index in [0.29, 0.717) is 0 Å². The Morgan fingerprint density at radius 2 is 0.425 bits per heavy atom. The molecule has 0 fully saturated rings. The van der Waals surface area contributed by atoms with Crippen LogP contribution < -0.4 is 0 Å². The maximum atomic E-state index is 2.54. The van der Waals surface area contributed by atoms with Crippen LogP contribution in [0.25, 0.3) is 65.4 Å². The molecule has 3 nitrogen and oxygen atoms in total. The Kier molecular flexibility index (Phi) is 4.41. The summed E-state index contributed by atoms with van der Waals surface area (Å²) in [4.78, 5) is 0. The third-order valence-corrected chi connectivity index (χ3v) is 8.54. The van der Waals surface area contributed by atoms with Crippen molar-refractivity contribution < 1.29 is 0 Å². The van der Waals surface area contributed by atoms with Gasteiger partial charge in [-0.05, 0) is 36.4 Å². The summed E-state index contributed by atoms with van der Waals surface area (Å²) < 4.78 is 7.63. The average Bonchev–Trinajstić information content (AvgIpc) is 3.65. The van der Waals surface area contributed by atoms with E-state index in [-0.39, 0.29) is 7.12 Å². The highest BCUT2D eigenvalue weighted by molar-refractivity contribution is 6.62. The molecule has 3 heterocycles. The highest BCUT2D eigenvalue weighted by atomic mass is 15.2. The van der Waals surface area contributed by atoms with Gasteiger partial charge in [-0.3, -0.25) is 0 Å². The molecule has 0 atom stereocenters. The molecule has 40 heavy (non-hydrogen) atoms. The van der Waals surface area contributed by atoms with Crippen molar-refractivity contribution in [1.82, 2.24) is 13.4 Å². The third kappa shape index (κ3) is 2.80. The predicted octanol–water partition coefficient (Wildman–Crippen LogP) is 8.94. The van der Waals surface area contributed by atoms with Crippen LogP contribution in [0.5, 0.6) is 0 Å². The summed E-state index contributed by atoms with van der Waals surface area (Å²) in [7, 11) is -0.195. The van der Waals surface area contributed by atoms with Crippen LogP contribution in [0.4, 0.5) is 0 Å². The molecular weight excluding hydrogens is 485 g/mol. The molecule has 0 aliphatic heterocycles. The molecule has 0 amide bonds. The summed E-state index contributed by atoms with van der Waals surface area (Å²) in [6, 6.07) is 53.0. The van der Waals surface area contributed by atoms with E-state index < -0.39 is 0 Å². The van der Waals surface area contributed by atoms with Gasteiger partial charge in [-0.15, -0.1) is 0 Å². The number of nitrogens with zero attached hydrogens (tertiary/aromatic N) is 3. The van der Waals surface area contributed by atoms with Gasteiger partial charge in [0.15, 0.2) is 0 Å². The van der Waals surface area contributed by atoms with Crippen LogP contribution >= 0.6 is 0 Å². The van der Waals surface area contributed by atoms with Crippen LogP contribution in [0.15, 0.2) is 146 Å². The SMILES string of the molecule is c1ccc2c(c1)c1ccccc1n2B(n1c2ccccc2c2ccccc21)n1c2ccccc2c2ccccc21. The van der Waals surface area contributed by atoms with E-state index in [2.05, 4.69) is 159 Å². The molecule has 9 aromatic rings. The average molecular weight is 509 g/mol. The van der Waals surface area contributed by atoms with Crippen LogP contribution in [0.2, 0.25) is 0 Å². The van der Waals surface area contributed by atoms with Crippen LogP contribution in [-0.2, 0) is 0 Å². The second-order valence-corrected chi connectivity index (χ2v) is 10.6. The number of fused-ring (bicyclic) bond motifs is 9. The smallest absolute Gasteiger partial charge is 0.344 e. The molecule has 0 saturated heterocycles. The summed E-state index contributed by atoms with van der Waals surface area (Å²) in [5, 5.41) is 7.61. The fraction of sp³-hybridized carbons (Fsp3) is 0. The molecule has 6 aromatic carbocycles. The minimum atomic E-state index is -0.195. The van der Waals surface area contributed by atoms with Crippen molar-refractivity contribution in [1.29, 1.82) is 0 Å². The van der Waals surface area contributed by atoms with Gasteiger partial charge in [0.2, 0.25) is 0 Å². The second-order valence-electron chi connectivity index (χ2n) is 10.6. The van der Waals surface area contributed by atoms with Crippen molar-refractivity contribution in [3.05, 3.63) is 146 Å². The van der Waals surface area contributed by atoms with E-state index >= 15 is 0 Å². The van der Waals surface area contributed by atoms with Crippen molar-refractivity contribution in [3.8, 4) is 0 Å². The van der Waals surface area contributed by atoms with Crippen molar-refractivity contribution in [3.63, 3.8) is 0 Å². The molecule has 0 bridgehead atoms. The quantitative estimate of drug-likeness (QED) is 0.211. The van der Waals surface area contributed by atoms with E-state index in [1.54, 1.807) is 0 Å². The fourth-order valence-corrected chi connectivity index (χ4v) is 6.95. The van der Waals surface area contributed by atoms with Gasteiger partial charge < -0.3 is 13.4 Å². The molecule has 0 N–H and O–H groups in total. The van der Waals surface area contributed by atoms with E-state index in [1.165, 1.54) is 65.4 Å². The number of rotatable bonds is 3. The minimum absolute atomic E-state index is 0.195. The molecule has 0 aliphatic carbocycles. The zero-order chi connectivity index (χ0) is 26.2. The lowest BCUT2D eigenvalue weighted by molar-refractivity contribution is 1.08. The Morgan fingerprint density at radius 1 is 0.250 bits per heavy atom. The lowest BCUT2D eigenvalue weighted by atomic mass is 9.88. The monoisotopic (exact) mass is 509 g/mol. The first-order chi connectivity index (χ1) is 19.9. The Labute approximate surface area is 231 Å². The molecule has 0 unspecified atom stereocenters. The Balaban J connectivity index is 1.56. The van der Waals surface area contributed by atoms with Crippen LogP contribution in [0, 0.1) is 0 Å².